The molecule has 0 aliphatic carbocycles. The zero-order chi connectivity index (χ0) is 19.8. The Hall–Kier alpha value is -3.30. The normalized spacial score (nSPS) is 12.0. The van der Waals surface area contributed by atoms with Crippen molar-refractivity contribution in [1.82, 2.24) is 9.97 Å². The van der Waals surface area contributed by atoms with Crippen LogP contribution < -0.4 is 0 Å². The highest BCUT2D eigenvalue weighted by Gasteiger charge is 2.16. The number of rotatable bonds is 3. The molecule has 0 atom stereocenters. The minimum absolute atomic E-state index is 0.769. The Labute approximate surface area is 174 Å². The van der Waals surface area contributed by atoms with E-state index in [2.05, 4.69) is 92.7 Å². The predicted molar refractivity (Wildman–Crippen MR) is 125 cm³/mol. The lowest BCUT2D eigenvalue weighted by Gasteiger charge is -2.08. The van der Waals surface area contributed by atoms with Gasteiger partial charge in [0, 0.05) is 21.2 Å². The standard InChI is InChI=1S/C26H20N2S/c1-3-17(2)19-12-9-13-20(16-19)26-27-23(18-10-5-4-6-11-18)25-24(28-26)21-14-7-8-15-22(21)29-25/h3-16H,1-2H3/b17-3+. The molecule has 2 nitrogen and oxygen atoms in total. The summed E-state index contributed by atoms with van der Waals surface area (Å²) in [5, 5.41) is 1.19. The minimum Gasteiger partial charge on any atom is -0.226 e. The van der Waals surface area contributed by atoms with Crippen molar-refractivity contribution >= 4 is 37.2 Å². The number of nitrogens with zero attached hydrogens (tertiary/aromatic N) is 2. The largest absolute Gasteiger partial charge is 0.226 e. The molecule has 0 aliphatic heterocycles. The second-order valence-corrected chi connectivity index (χ2v) is 8.14. The van der Waals surface area contributed by atoms with Gasteiger partial charge in [-0.05, 0) is 37.1 Å². The van der Waals surface area contributed by atoms with Crippen LogP contribution in [0.3, 0.4) is 0 Å². The van der Waals surface area contributed by atoms with Gasteiger partial charge in [-0.3, -0.25) is 0 Å². The molecule has 0 unspecified atom stereocenters. The topological polar surface area (TPSA) is 25.8 Å². The Kier molecular flexibility index (Phi) is 4.45. The zero-order valence-corrected chi connectivity index (χ0v) is 17.2. The number of hydrogen-bond acceptors (Lipinski definition) is 3. The Morgan fingerprint density at radius 2 is 1.59 bits per heavy atom. The first-order valence-electron chi connectivity index (χ1n) is 9.73. The summed E-state index contributed by atoms with van der Waals surface area (Å²) in [5.74, 6) is 0.769. The first kappa shape index (κ1) is 17.8. The van der Waals surface area contributed by atoms with Crippen LogP contribution in [0.2, 0.25) is 0 Å². The number of thiophene rings is 1. The van der Waals surface area contributed by atoms with Crippen LogP contribution >= 0.6 is 11.3 Å². The lowest BCUT2D eigenvalue weighted by Crippen LogP contribution is -1.94. The summed E-state index contributed by atoms with van der Waals surface area (Å²) in [4.78, 5) is 10.1. The van der Waals surface area contributed by atoms with E-state index in [4.69, 9.17) is 9.97 Å². The molecule has 0 saturated heterocycles. The van der Waals surface area contributed by atoms with Gasteiger partial charge in [-0.1, -0.05) is 72.8 Å². The highest BCUT2D eigenvalue weighted by atomic mass is 32.1. The van der Waals surface area contributed by atoms with E-state index in [1.165, 1.54) is 21.2 Å². The molecule has 5 aromatic rings. The molecule has 3 aromatic carbocycles. The van der Waals surface area contributed by atoms with Crippen LogP contribution in [0.5, 0.6) is 0 Å². The first-order chi connectivity index (χ1) is 14.2. The summed E-state index contributed by atoms with van der Waals surface area (Å²) in [7, 11) is 0. The van der Waals surface area contributed by atoms with Gasteiger partial charge < -0.3 is 0 Å². The molecule has 3 heteroatoms. The second kappa shape index (κ2) is 7.26. The number of aromatic nitrogens is 2. The molecule has 5 rings (SSSR count). The summed E-state index contributed by atoms with van der Waals surface area (Å²) in [6, 6.07) is 27.4. The third-order valence-corrected chi connectivity index (χ3v) is 6.44. The van der Waals surface area contributed by atoms with E-state index >= 15 is 0 Å². The van der Waals surface area contributed by atoms with Crippen molar-refractivity contribution in [2.24, 2.45) is 0 Å². The average Bonchev–Trinajstić information content (AvgIpc) is 3.17. The highest BCUT2D eigenvalue weighted by molar-refractivity contribution is 7.26. The minimum atomic E-state index is 0.769. The predicted octanol–water partition coefficient (Wildman–Crippen LogP) is 7.60. The molecule has 2 aromatic heterocycles. The van der Waals surface area contributed by atoms with Crippen LogP contribution in [-0.4, -0.2) is 9.97 Å². The molecule has 0 bridgehead atoms. The van der Waals surface area contributed by atoms with Gasteiger partial charge in [0.15, 0.2) is 5.82 Å². The van der Waals surface area contributed by atoms with Gasteiger partial charge in [-0.15, -0.1) is 11.3 Å². The molecule has 0 N–H and O–H groups in total. The maximum Gasteiger partial charge on any atom is 0.160 e. The lowest BCUT2D eigenvalue weighted by atomic mass is 10.0. The van der Waals surface area contributed by atoms with E-state index in [1.54, 1.807) is 11.3 Å². The zero-order valence-electron chi connectivity index (χ0n) is 16.4. The first-order valence-corrected chi connectivity index (χ1v) is 10.5. The summed E-state index contributed by atoms with van der Waals surface area (Å²) in [6.45, 7) is 4.19. The Balaban J connectivity index is 1.82. The third kappa shape index (κ3) is 3.14. The van der Waals surface area contributed by atoms with E-state index in [0.717, 1.165) is 32.9 Å². The molecule has 29 heavy (non-hydrogen) atoms. The van der Waals surface area contributed by atoms with E-state index in [-0.39, 0.29) is 0 Å². The second-order valence-electron chi connectivity index (χ2n) is 7.09. The Bertz CT molecular complexity index is 1360. The van der Waals surface area contributed by atoms with Gasteiger partial charge in [0.1, 0.15) is 0 Å². The van der Waals surface area contributed by atoms with E-state index in [9.17, 15) is 0 Å². The molecule has 0 spiro atoms. The molecular weight excluding hydrogens is 372 g/mol. The van der Waals surface area contributed by atoms with E-state index in [1.807, 2.05) is 6.07 Å². The van der Waals surface area contributed by atoms with Gasteiger partial charge in [-0.25, -0.2) is 9.97 Å². The van der Waals surface area contributed by atoms with Crippen molar-refractivity contribution < 1.29 is 0 Å². The summed E-state index contributed by atoms with van der Waals surface area (Å²) < 4.78 is 2.38. The van der Waals surface area contributed by atoms with Crippen molar-refractivity contribution in [3.05, 3.63) is 90.5 Å². The van der Waals surface area contributed by atoms with Crippen molar-refractivity contribution in [2.75, 3.05) is 0 Å². The smallest absolute Gasteiger partial charge is 0.160 e. The van der Waals surface area contributed by atoms with Gasteiger partial charge in [0.05, 0.1) is 15.9 Å². The van der Waals surface area contributed by atoms with Gasteiger partial charge >= 0.3 is 0 Å². The van der Waals surface area contributed by atoms with E-state index in [0.29, 0.717) is 0 Å². The van der Waals surface area contributed by atoms with Crippen molar-refractivity contribution in [3.8, 4) is 22.6 Å². The van der Waals surface area contributed by atoms with Crippen LogP contribution in [0, 0.1) is 0 Å². The third-order valence-electron chi connectivity index (χ3n) is 5.28. The molecule has 0 saturated carbocycles. The SMILES string of the molecule is C/C=C(\C)c1cccc(-c2nc(-c3ccccc3)c3sc4ccccc4c3n2)c1. The van der Waals surface area contributed by atoms with Crippen LogP contribution in [-0.2, 0) is 0 Å². The fourth-order valence-corrected chi connectivity index (χ4v) is 4.74. The number of allylic oxidation sites excluding steroid dienone is 2. The van der Waals surface area contributed by atoms with Crippen LogP contribution in [0.4, 0.5) is 0 Å². The Morgan fingerprint density at radius 1 is 0.828 bits per heavy atom. The number of hydrogen-bond donors (Lipinski definition) is 0. The molecule has 0 radical (unpaired) electrons. The Morgan fingerprint density at radius 3 is 2.41 bits per heavy atom. The molecule has 0 amide bonds. The van der Waals surface area contributed by atoms with Crippen molar-refractivity contribution in [1.29, 1.82) is 0 Å². The van der Waals surface area contributed by atoms with Gasteiger partial charge in [0.2, 0.25) is 0 Å². The van der Waals surface area contributed by atoms with Crippen molar-refractivity contribution in [3.63, 3.8) is 0 Å². The monoisotopic (exact) mass is 392 g/mol. The van der Waals surface area contributed by atoms with Crippen LogP contribution in [0.15, 0.2) is 84.9 Å². The van der Waals surface area contributed by atoms with Crippen LogP contribution in [0.1, 0.15) is 19.4 Å². The molecular formula is C26H20N2S. The maximum absolute atomic E-state index is 5.04. The molecule has 0 aliphatic rings. The number of fused-ring (bicyclic) bond motifs is 3. The average molecular weight is 393 g/mol. The summed E-state index contributed by atoms with van der Waals surface area (Å²) >= 11 is 1.76. The quantitative estimate of drug-likeness (QED) is 0.316. The van der Waals surface area contributed by atoms with Gasteiger partial charge in [0.25, 0.3) is 0 Å². The number of benzene rings is 3. The van der Waals surface area contributed by atoms with Gasteiger partial charge in [-0.2, -0.15) is 0 Å². The highest BCUT2D eigenvalue weighted by Crippen LogP contribution is 2.39. The van der Waals surface area contributed by atoms with Crippen LogP contribution in [0.25, 0.3) is 48.5 Å². The fraction of sp³-hybridized carbons (Fsp3) is 0.0769. The maximum atomic E-state index is 5.04. The van der Waals surface area contributed by atoms with E-state index < -0.39 is 0 Å². The summed E-state index contributed by atoms with van der Waals surface area (Å²) in [5.41, 5.74) is 6.64. The van der Waals surface area contributed by atoms with Crippen molar-refractivity contribution in [2.45, 2.75) is 13.8 Å². The molecule has 140 valence electrons. The summed E-state index contributed by atoms with van der Waals surface area (Å²) in [6.07, 6.45) is 2.13. The molecule has 0 fully saturated rings. The lowest BCUT2D eigenvalue weighted by molar-refractivity contribution is 1.24. The fourth-order valence-electron chi connectivity index (χ4n) is 3.58. The molecule has 2 heterocycles.